The highest BCUT2D eigenvalue weighted by Crippen LogP contribution is 2.34. The zero-order valence-corrected chi connectivity index (χ0v) is 25.3. The minimum Gasteiger partial charge on any atom is -0.456 e. The van der Waals surface area contributed by atoms with Gasteiger partial charge >= 0.3 is 11.9 Å². The highest BCUT2D eigenvalue weighted by molar-refractivity contribution is 14.1. The van der Waals surface area contributed by atoms with E-state index >= 15 is 0 Å². The Labute approximate surface area is 240 Å². The number of carbonyl (C=O) groups excluding carboxylic acids is 2. The van der Waals surface area contributed by atoms with Gasteiger partial charge in [0, 0.05) is 22.0 Å². The second-order valence-corrected chi connectivity index (χ2v) is 12.3. The van der Waals surface area contributed by atoms with Gasteiger partial charge in [-0.1, -0.05) is 24.3 Å². The Morgan fingerprint density at radius 2 is 1.59 bits per heavy atom. The second-order valence-electron chi connectivity index (χ2n) is 8.81. The lowest BCUT2D eigenvalue weighted by atomic mass is 9.83. The van der Waals surface area contributed by atoms with E-state index < -0.39 is 11.6 Å². The van der Waals surface area contributed by atoms with E-state index in [2.05, 4.69) is 73.1 Å². The third kappa shape index (κ3) is 5.70. The molecule has 0 spiro atoms. The zero-order valence-electron chi connectivity index (χ0n) is 18.8. The van der Waals surface area contributed by atoms with E-state index in [1.807, 2.05) is 50.2 Å². The van der Waals surface area contributed by atoms with Crippen LogP contribution >= 0.6 is 67.8 Å². The topological polar surface area (TPSA) is 64.6 Å². The van der Waals surface area contributed by atoms with E-state index in [-0.39, 0.29) is 5.97 Å². The van der Waals surface area contributed by atoms with Gasteiger partial charge in [-0.05, 0) is 137 Å². The average Bonchev–Trinajstić information content (AvgIpc) is 2.81. The molecule has 0 radical (unpaired) electrons. The van der Waals surface area contributed by atoms with Crippen molar-refractivity contribution < 1.29 is 19.1 Å². The Balaban J connectivity index is 1.63. The lowest BCUT2D eigenvalue weighted by Gasteiger charge is -2.36. The normalized spacial score (nSPS) is 14.7. The van der Waals surface area contributed by atoms with Crippen molar-refractivity contribution in [1.82, 2.24) is 5.32 Å². The van der Waals surface area contributed by atoms with Crippen LogP contribution in [0.3, 0.4) is 0 Å². The molecule has 34 heavy (non-hydrogen) atoms. The van der Waals surface area contributed by atoms with Gasteiger partial charge < -0.3 is 14.8 Å². The van der Waals surface area contributed by atoms with Crippen molar-refractivity contribution >= 4 is 90.5 Å². The predicted octanol–water partition coefficient (Wildman–Crippen LogP) is 6.81. The van der Waals surface area contributed by atoms with Crippen LogP contribution in [-0.2, 0) is 4.74 Å². The number of hydrogen-bond donors (Lipinski definition) is 1. The highest BCUT2D eigenvalue weighted by Gasteiger charge is 2.35. The Hall–Kier alpha value is -0.990. The first-order chi connectivity index (χ1) is 16.2. The van der Waals surface area contributed by atoms with Gasteiger partial charge in [-0.25, -0.2) is 9.59 Å². The summed E-state index contributed by atoms with van der Waals surface area (Å²) < 4.78 is 14.7. The molecular weight excluding hydrogens is 771 g/mol. The molecule has 1 aliphatic rings. The molecule has 1 heterocycles. The molecule has 1 N–H and O–H groups in total. The van der Waals surface area contributed by atoms with E-state index in [1.165, 1.54) is 0 Å². The number of esters is 2. The maximum Gasteiger partial charge on any atom is 0.344 e. The molecule has 0 saturated carbocycles. The number of benzene rings is 3. The first kappa shape index (κ1) is 26.1. The summed E-state index contributed by atoms with van der Waals surface area (Å²) in [6.07, 6.45) is 1.96. The van der Waals surface area contributed by atoms with Crippen LogP contribution in [0.4, 0.5) is 0 Å². The largest absolute Gasteiger partial charge is 0.456 e. The number of fused-ring (bicyclic) bond motifs is 1. The van der Waals surface area contributed by atoms with E-state index in [1.54, 1.807) is 12.1 Å². The van der Waals surface area contributed by atoms with Gasteiger partial charge in [0.05, 0.1) is 11.1 Å². The number of carbonyl (C=O) groups is 2. The smallest absolute Gasteiger partial charge is 0.344 e. The van der Waals surface area contributed by atoms with Gasteiger partial charge in [-0.2, -0.15) is 0 Å². The average molecular weight is 795 g/mol. The first-order valence-electron chi connectivity index (χ1n) is 11.0. The number of halogens is 3. The number of nitrogens with one attached hydrogen (secondary N) is 1. The molecule has 1 saturated heterocycles. The fourth-order valence-electron chi connectivity index (χ4n) is 4.29. The Morgan fingerprint density at radius 1 is 0.912 bits per heavy atom. The summed E-state index contributed by atoms with van der Waals surface area (Å²) in [5, 5.41) is 4.75. The maximum absolute atomic E-state index is 13.2. The summed E-state index contributed by atoms with van der Waals surface area (Å²) in [5.74, 6) is -0.0600. The molecule has 8 heteroatoms. The predicted molar refractivity (Wildman–Crippen MR) is 159 cm³/mol. The van der Waals surface area contributed by atoms with Gasteiger partial charge in [-0.3, -0.25) is 0 Å². The van der Waals surface area contributed by atoms with E-state index in [0.29, 0.717) is 33.6 Å². The van der Waals surface area contributed by atoms with Crippen molar-refractivity contribution in [2.45, 2.75) is 32.3 Å². The summed E-state index contributed by atoms with van der Waals surface area (Å²) in [4.78, 5) is 26.3. The molecule has 3 aromatic carbocycles. The zero-order chi connectivity index (χ0) is 24.5. The Bertz CT molecular complexity index is 1250. The molecule has 0 atom stereocenters. The maximum atomic E-state index is 13.2. The van der Waals surface area contributed by atoms with Crippen LogP contribution in [-0.4, -0.2) is 30.6 Å². The van der Waals surface area contributed by atoms with Crippen molar-refractivity contribution in [3.05, 3.63) is 70.4 Å². The van der Waals surface area contributed by atoms with Crippen LogP contribution in [0.15, 0.2) is 48.5 Å². The minimum atomic E-state index is -0.566. The lowest BCUT2D eigenvalue weighted by molar-refractivity contribution is -0.0366. The summed E-state index contributed by atoms with van der Waals surface area (Å²) in [7, 11) is 0. The standard InChI is InChI=1S/C26H24I3NO4/c1-26(2,15-9-11-30-12-10-15)34-25(32)19-7-8-22(18-6-4-3-5-17(18)19)33-24(31)20-13-16(27)14-21(28)23(20)29/h3-8,13-15,30H,9-12H2,1-2H3. The first-order valence-corrected chi connectivity index (χ1v) is 14.2. The van der Waals surface area contributed by atoms with Crippen molar-refractivity contribution in [1.29, 1.82) is 0 Å². The van der Waals surface area contributed by atoms with Gasteiger partial charge in [0.25, 0.3) is 0 Å². The molecule has 4 rings (SSSR count). The van der Waals surface area contributed by atoms with Crippen LogP contribution in [0.25, 0.3) is 10.8 Å². The summed E-state index contributed by atoms with van der Waals surface area (Å²) >= 11 is 6.58. The Morgan fingerprint density at radius 3 is 2.29 bits per heavy atom. The third-order valence-electron chi connectivity index (χ3n) is 6.20. The molecule has 1 aliphatic heterocycles. The molecule has 0 bridgehead atoms. The quantitative estimate of drug-likeness (QED) is 0.133. The van der Waals surface area contributed by atoms with Gasteiger partial charge in [0.15, 0.2) is 0 Å². The minimum absolute atomic E-state index is 0.308. The fraction of sp³-hybridized carbons (Fsp3) is 0.308. The van der Waals surface area contributed by atoms with Crippen LogP contribution in [0.2, 0.25) is 0 Å². The molecule has 5 nitrogen and oxygen atoms in total. The SMILES string of the molecule is CC(C)(OC(=O)c1ccc(OC(=O)c2cc(I)cc(I)c2I)c2ccccc12)C1CCNCC1. The van der Waals surface area contributed by atoms with Crippen LogP contribution in [0, 0.1) is 16.6 Å². The molecule has 3 aromatic rings. The summed E-state index contributed by atoms with van der Waals surface area (Å²) in [6.45, 7) is 5.85. The molecule has 0 unspecified atom stereocenters. The van der Waals surface area contributed by atoms with Crippen LogP contribution in [0.1, 0.15) is 47.4 Å². The molecule has 0 aromatic heterocycles. The van der Waals surface area contributed by atoms with Gasteiger partial charge in [-0.15, -0.1) is 0 Å². The van der Waals surface area contributed by atoms with Crippen LogP contribution in [0.5, 0.6) is 5.75 Å². The molecular formula is C26H24I3NO4. The molecule has 178 valence electrons. The van der Waals surface area contributed by atoms with Crippen LogP contribution < -0.4 is 10.1 Å². The fourth-order valence-corrected chi connectivity index (χ4v) is 6.67. The molecule has 0 amide bonds. The van der Waals surface area contributed by atoms with Gasteiger partial charge in [0.1, 0.15) is 11.4 Å². The lowest BCUT2D eigenvalue weighted by Crippen LogP contribution is -2.42. The van der Waals surface area contributed by atoms with E-state index in [9.17, 15) is 9.59 Å². The number of ether oxygens (including phenoxy) is 2. The number of piperidine rings is 1. The number of hydrogen-bond acceptors (Lipinski definition) is 5. The van der Waals surface area contributed by atoms with E-state index in [0.717, 1.165) is 36.6 Å². The van der Waals surface area contributed by atoms with E-state index in [4.69, 9.17) is 9.47 Å². The molecule has 1 fully saturated rings. The monoisotopic (exact) mass is 795 g/mol. The van der Waals surface area contributed by atoms with Crippen molar-refractivity contribution in [2.24, 2.45) is 5.92 Å². The summed E-state index contributed by atoms with van der Waals surface area (Å²) in [5.41, 5.74) is 0.424. The highest BCUT2D eigenvalue weighted by atomic mass is 127. The summed E-state index contributed by atoms with van der Waals surface area (Å²) in [6, 6.07) is 14.7. The molecule has 0 aliphatic carbocycles. The van der Waals surface area contributed by atoms with Crippen molar-refractivity contribution in [2.75, 3.05) is 13.1 Å². The second kappa shape index (κ2) is 11.0. The Kier molecular flexibility index (Phi) is 8.40. The van der Waals surface area contributed by atoms with Crippen molar-refractivity contribution in [3.8, 4) is 5.75 Å². The third-order valence-corrected chi connectivity index (χ3v) is 9.87. The van der Waals surface area contributed by atoms with Crippen molar-refractivity contribution in [3.63, 3.8) is 0 Å². The number of rotatable bonds is 5. The van der Waals surface area contributed by atoms with Gasteiger partial charge in [0.2, 0.25) is 0 Å².